The van der Waals surface area contributed by atoms with Crippen LogP contribution in [0.2, 0.25) is 0 Å². The zero-order valence-corrected chi connectivity index (χ0v) is 16.3. The first-order valence-electron chi connectivity index (χ1n) is 9.76. The molecule has 0 aromatic heterocycles. The Kier molecular flexibility index (Phi) is 8.68. The van der Waals surface area contributed by atoms with E-state index in [0.717, 1.165) is 44.8 Å². The number of halogens is 1. The summed E-state index contributed by atoms with van der Waals surface area (Å²) in [6.45, 7) is 5.47. The molecule has 0 radical (unpaired) electrons. The molecule has 2 rings (SSSR count). The van der Waals surface area contributed by atoms with E-state index in [2.05, 4.69) is 33.8 Å². The maximum absolute atomic E-state index is 13.0. The molecule has 26 heavy (non-hydrogen) atoms. The van der Waals surface area contributed by atoms with Gasteiger partial charge in [-0.3, -0.25) is 4.99 Å². The van der Waals surface area contributed by atoms with Crippen LogP contribution in [-0.2, 0) is 0 Å². The Labute approximate surface area is 157 Å². The van der Waals surface area contributed by atoms with Gasteiger partial charge in [-0.1, -0.05) is 19.3 Å². The molecule has 5 nitrogen and oxygen atoms in total. The summed E-state index contributed by atoms with van der Waals surface area (Å²) in [7, 11) is 4.24. The standard InChI is InChI=1S/C20H34FN5/c1-24(2)13-7-5-3-4-6-12-23-20(22)26-16-14-25(15-17-26)19-10-8-18(21)9-11-19/h8-11H,3-7,12-17H2,1-2H3,(H2,22,23). The number of hydrogen-bond donors (Lipinski definition) is 1. The smallest absolute Gasteiger partial charge is 0.191 e. The van der Waals surface area contributed by atoms with Crippen LogP contribution in [0.1, 0.15) is 32.1 Å². The summed E-state index contributed by atoms with van der Waals surface area (Å²) in [5, 5.41) is 0. The monoisotopic (exact) mass is 363 g/mol. The molecule has 0 spiro atoms. The second-order valence-corrected chi connectivity index (χ2v) is 7.26. The maximum Gasteiger partial charge on any atom is 0.191 e. The summed E-state index contributed by atoms with van der Waals surface area (Å²) in [5.74, 6) is 0.470. The van der Waals surface area contributed by atoms with Gasteiger partial charge in [-0.2, -0.15) is 0 Å². The van der Waals surface area contributed by atoms with Crippen LogP contribution in [0.5, 0.6) is 0 Å². The minimum absolute atomic E-state index is 0.193. The predicted octanol–water partition coefficient (Wildman–Crippen LogP) is 2.77. The summed E-state index contributed by atoms with van der Waals surface area (Å²) in [5.41, 5.74) is 7.22. The molecular formula is C20H34FN5. The van der Waals surface area contributed by atoms with Gasteiger partial charge < -0.3 is 20.4 Å². The van der Waals surface area contributed by atoms with Crippen molar-refractivity contribution < 1.29 is 4.39 Å². The lowest BCUT2D eigenvalue weighted by atomic mass is 10.1. The zero-order chi connectivity index (χ0) is 18.8. The Bertz CT molecular complexity index is 536. The fourth-order valence-electron chi connectivity index (χ4n) is 3.21. The van der Waals surface area contributed by atoms with Crippen molar-refractivity contribution in [1.29, 1.82) is 0 Å². The first kappa shape index (κ1) is 20.5. The van der Waals surface area contributed by atoms with E-state index < -0.39 is 0 Å². The lowest BCUT2D eigenvalue weighted by molar-refractivity contribution is 0.380. The lowest BCUT2D eigenvalue weighted by Gasteiger charge is -2.36. The first-order chi connectivity index (χ1) is 12.6. The van der Waals surface area contributed by atoms with Crippen molar-refractivity contribution in [2.45, 2.75) is 32.1 Å². The molecule has 1 aromatic carbocycles. The van der Waals surface area contributed by atoms with Crippen molar-refractivity contribution in [2.75, 3.05) is 58.3 Å². The minimum atomic E-state index is -0.193. The highest BCUT2D eigenvalue weighted by Crippen LogP contribution is 2.16. The van der Waals surface area contributed by atoms with Crippen molar-refractivity contribution >= 4 is 11.6 Å². The molecule has 0 bridgehead atoms. The van der Waals surface area contributed by atoms with E-state index >= 15 is 0 Å². The Balaban J connectivity index is 1.60. The van der Waals surface area contributed by atoms with Crippen LogP contribution in [0.15, 0.2) is 29.3 Å². The van der Waals surface area contributed by atoms with Crippen LogP contribution in [0, 0.1) is 5.82 Å². The molecule has 2 N–H and O–H groups in total. The van der Waals surface area contributed by atoms with Gasteiger partial charge in [0.25, 0.3) is 0 Å². The van der Waals surface area contributed by atoms with Gasteiger partial charge in [-0.25, -0.2) is 4.39 Å². The Morgan fingerprint density at radius 1 is 1.00 bits per heavy atom. The Hall–Kier alpha value is -1.82. The van der Waals surface area contributed by atoms with Crippen molar-refractivity contribution in [3.63, 3.8) is 0 Å². The van der Waals surface area contributed by atoms with E-state index in [9.17, 15) is 4.39 Å². The van der Waals surface area contributed by atoms with Crippen LogP contribution in [-0.4, -0.2) is 69.1 Å². The van der Waals surface area contributed by atoms with E-state index in [1.165, 1.54) is 44.4 Å². The number of nitrogens with two attached hydrogens (primary N) is 1. The van der Waals surface area contributed by atoms with Gasteiger partial charge in [-0.15, -0.1) is 0 Å². The third kappa shape index (κ3) is 7.20. The first-order valence-corrected chi connectivity index (χ1v) is 9.76. The summed E-state index contributed by atoms with van der Waals surface area (Å²) in [6.07, 6.45) is 6.18. The third-order valence-electron chi connectivity index (χ3n) is 4.83. The Morgan fingerprint density at radius 3 is 2.27 bits per heavy atom. The molecular weight excluding hydrogens is 329 g/mol. The molecule has 146 valence electrons. The highest BCUT2D eigenvalue weighted by atomic mass is 19.1. The number of guanidine groups is 1. The lowest BCUT2D eigenvalue weighted by Crippen LogP contribution is -2.51. The summed E-state index contributed by atoms with van der Waals surface area (Å²) in [6, 6.07) is 6.69. The summed E-state index contributed by atoms with van der Waals surface area (Å²) in [4.78, 5) is 11.2. The number of nitrogens with zero attached hydrogens (tertiary/aromatic N) is 4. The largest absolute Gasteiger partial charge is 0.370 e. The van der Waals surface area contributed by atoms with Gasteiger partial charge in [-0.05, 0) is 57.7 Å². The fraction of sp³-hybridized carbons (Fsp3) is 0.650. The van der Waals surface area contributed by atoms with Gasteiger partial charge in [0.1, 0.15) is 5.82 Å². The fourth-order valence-corrected chi connectivity index (χ4v) is 3.21. The van der Waals surface area contributed by atoms with E-state index in [-0.39, 0.29) is 5.82 Å². The molecule has 1 aromatic rings. The average molecular weight is 364 g/mol. The van der Waals surface area contributed by atoms with Gasteiger partial charge in [0.2, 0.25) is 0 Å². The second kappa shape index (κ2) is 11.0. The van der Waals surface area contributed by atoms with Gasteiger partial charge >= 0.3 is 0 Å². The van der Waals surface area contributed by atoms with Crippen LogP contribution in [0.3, 0.4) is 0 Å². The molecule has 0 amide bonds. The number of piperazine rings is 1. The van der Waals surface area contributed by atoms with Crippen molar-refractivity contribution in [1.82, 2.24) is 9.80 Å². The quantitative estimate of drug-likeness (QED) is 0.416. The third-order valence-corrected chi connectivity index (χ3v) is 4.83. The van der Waals surface area contributed by atoms with Crippen LogP contribution < -0.4 is 10.6 Å². The summed E-state index contributed by atoms with van der Waals surface area (Å²) < 4.78 is 13.0. The Morgan fingerprint density at radius 2 is 1.62 bits per heavy atom. The number of rotatable bonds is 9. The average Bonchev–Trinajstić information content (AvgIpc) is 2.64. The molecule has 1 aliphatic rings. The number of aliphatic imine (C=N–C) groups is 1. The maximum atomic E-state index is 13.0. The minimum Gasteiger partial charge on any atom is -0.370 e. The van der Waals surface area contributed by atoms with Crippen molar-refractivity contribution in [2.24, 2.45) is 10.7 Å². The SMILES string of the molecule is CN(C)CCCCCCCN=C(N)N1CCN(c2ccc(F)cc2)CC1. The topological polar surface area (TPSA) is 48.1 Å². The second-order valence-electron chi connectivity index (χ2n) is 7.26. The number of hydrogen-bond acceptors (Lipinski definition) is 3. The summed E-state index contributed by atoms with van der Waals surface area (Å²) >= 11 is 0. The molecule has 0 aliphatic carbocycles. The number of anilines is 1. The molecule has 0 saturated carbocycles. The normalized spacial score (nSPS) is 15.8. The molecule has 0 unspecified atom stereocenters. The number of benzene rings is 1. The highest BCUT2D eigenvalue weighted by molar-refractivity contribution is 5.78. The van der Waals surface area contributed by atoms with E-state index in [4.69, 9.17) is 5.73 Å². The predicted molar refractivity (Wildman–Crippen MR) is 108 cm³/mol. The van der Waals surface area contributed by atoms with E-state index in [1.54, 1.807) is 0 Å². The highest BCUT2D eigenvalue weighted by Gasteiger charge is 2.18. The zero-order valence-electron chi connectivity index (χ0n) is 16.3. The molecule has 6 heteroatoms. The number of unbranched alkanes of at least 4 members (excludes halogenated alkanes) is 4. The van der Waals surface area contributed by atoms with Crippen LogP contribution in [0.4, 0.5) is 10.1 Å². The molecule has 1 heterocycles. The van der Waals surface area contributed by atoms with E-state index in [1.807, 2.05) is 12.1 Å². The molecule has 0 atom stereocenters. The van der Waals surface area contributed by atoms with Crippen LogP contribution >= 0.6 is 0 Å². The van der Waals surface area contributed by atoms with Gasteiger partial charge in [0.15, 0.2) is 5.96 Å². The van der Waals surface area contributed by atoms with Gasteiger partial charge in [0.05, 0.1) is 0 Å². The van der Waals surface area contributed by atoms with Crippen LogP contribution in [0.25, 0.3) is 0 Å². The van der Waals surface area contributed by atoms with Crippen molar-refractivity contribution in [3.8, 4) is 0 Å². The molecule has 1 aliphatic heterocycles. The molecule has 1 fully saturated rings. The van der Waals surface area contributed by atoms with E-state index in [0.29, 0.717) is 5.96 Å². The van der Waals surface area contributed by atoms with Gasteiger partial charge in [0, 0.05) is 38.4 Å². The van der Waals surface area contributed by atoms with Crippen molar-refractivity contribution in [3.05, 3.63) is 30.1 Å². The molecule has 1 saturated heterocycles.